The summed E-state index contributed by atoms with van der Waals surface area (Å²) in [4.78, 5) is 29.0. The first-order valence-electron chi connectivity index (χ1n) is 20.3. The Hall–Kier alpha value is -7.78. The van der Waals surface area contributed by atoms with Gasteiger partial charge in [-0.15, -0.1) is 5.01 Å². The van der Waals surface area contributed by atoms with E-state index < -0.39 is 0 Å². The third-order valence-electron chi connectivity index (χ3n) is 11.2. The van der Waals surface area contributed by atoms with E-state index in [-0.39, 0.29) is 35.1 Å². The predicted octanol–water partition coefficient (Wildman–Crippen LogP) is 6.28. The van der Waals surface area contributed by atoms with Crippen LogP contribution in [0.15, 0.2) is 191 Å². The molecule has 64 heavy (non-hydrogen) atoms. The molecular weight excluding hydrogens is 920 g/mol. The molecule has 0 unspecified atom stereocenters. The minimum atomic E-state index is -0.232. The Morgan fingerprint density at radius 1 is 0.531 bits per heavy atom. The van der Waals surface area contributed by atoms with Crippen molar-refractivity contribution >= 4 is 50.2 Å². The summed E-state index contributed by atoms with van der Waals surface area (Å²) in [6, 6.07) is 49.6. The number of fused-ring (bicyclic) bond motifs is 6. The van der Waals surface area contributed by atoms with Gasteiger partial charge in [-0.05, 0) is 91.0 Å². The number of para-hydroxylation sites is 2. The van der Waals surface area contributed by atoms with Crippen LogP contribution in [0.4, 0.5) is 22.7 Å². The van der Waals surface area contributed by atoms with E-state index in [9.17, 15) is 9.59 Å². The topological polar surface area (TPSA) is 93.7 Å². The molecule has 0 spiro atoms. The van der Waals surface area contributed by atoms with Gasteiger partial charge in [-0.25, -0.2) is 14.1 Å². The molecule has 0 amide bonds. The number of hydrogen-bond acceptors (Lipinski definition) is 9. The van der Waals surface area contributed by atoms with E-state index in [0.717, 1.165) is 22.1 Å². The molecule has 0 radical (unpaired) electrons. The Labute approximate surface area is 385 Å². The molecule has 6 aromatic carbocycles. The van der Waals surface area contributed by atoms with Gasteiger partial charge in [0.15, 0.2) is 12.7 Å². The molecule has 2 aliphatic rings. The molecule has 0 atom stereocenters. The van der Waals surface area contributed by atoms with Crippen LogP contribution in [0, 0.1) is 0 Å². The number of benzene rings is 6. The van der Waals surface area contributed by atoms with Crippen molar-refractivity contribution in [3.05, 3.63) is 203 Å². The molecule has 0 saturated heterocycles. The first kappa shape index (κ1) is 41.6. The van der Waals surface area contributed by atoms with Gasteiger partial charge in [0.2, 0.25) is 17.6 Å². The largest absolute Gasteiger partial charge is 1.00 e. The standard InChI is InChI=1S/C51H41N6O6.HI/c1-52-44(62-50-46(56(52)36-16-7-5-8-17-36)40-20-11-13-22-42(40)48(58)54(50)34-26-30-38(60-3)31-27-34)24-15-25-45-53(2)57(37-18-9-6-10-19-37)47-41-21-12-14-23-43(41)49(59)55(51(47)63-45)35-28-32-39(61-4)33-29-35;/h5-33H,1-4H3;1H/q+1;/p-1. The first-order chi connectivity index (χ1) is 30.9. The molecule has 318 valence electrons. The molecule has 0 aliphatic carbocycles. The van der Waals surface area contributed by atoms with Crippen molar-refractivity contribution in [3.63, 3.8) is 0 Å². The Bertz CT molecular complexity index is 3280. The van der Waals surface area contributed by atoms with E-state index >= 15 is 0 Å². The molecule has 10 rings (SSSR count). The quantitative estimate of drug-likeness (QED) is 0.129. The Balaban J connectivity index is 0.00000518. The van der Waals surface area contributed by atoms with Gasteiger partial charge >= 0.3 is 5.90 Å². The highest BCUT2D eigenvalue weighted by Gasteiger charge is 2.38. The normalized spacial score (nSPS) is 14.0. The summed E-state index contributed by atoms with van der Waals surface area (Å²) in [5.74, 6) is 2.83. The summed E-state index contributed by atoms with van der Waals surface area (Å²) in [5, 5.41) is 8.54. The number of nitrogens with zero attached hydrogens (tertiary/aromatic N) is 6. The minimum absolute atomic E-state index is 0. The van der Waals surface area contributed by atoms with E-state index in [1.54, 1.807) is 23.4 Å². The molecule has 2 aromatic heterocycles. The average Bonchev–Trinajstić information content (AvgIpc) is 3.33. The molecule has 2 aliphatic heterocycles. The van der Waals surface area contributed by atoms with Crippen LogP contribution in [0.5, 0.6) is 23.3 Å². The fraction of sp³-hybridized carbons (Fsp3) is 0.0784. The second-order valence-corrected chi connectivity index (χ2v) is 14.8. The zero-order chi connectivity index (χ0) is 43.2. The highest BCUT2D eigenvalue weighted by Crippen LogP contribution is 2.46. The fourth-order valence-electron chi connectivity index (χ4n) is 8.22. The van der Waals surface area contributed by atoms with Gasteiger partial charge in [0.25, 0.3) is 11.1 Å². The van der Waals surface area contributed by atoms with E-state index in [2.05, 4.69) is 0 Å². The zero-order valence-corrected chi connectivity index (χ0v) is 37.4. The summed E-state index contributed by atoms with van der Waals surface area (Å²) in [6.45, 7) is 0. The van der Waals surface area contributed by atoms with Crippen molar-refractivity contribution in [2.24, 2.45) is 0 Å². The van der Waals surface area contributed by atoms with E-state index in [0.29, 0.717) is 68.6 Å². The van der Waals surface area contributed by atoms with Gasteiger partial charge in [0, 0.05) is 29.3 Å². The SMILES string of the molecule is COc1ccc(-n2c3c(c4ccccc4c2=O)N(c2ccccc2)N(C)/C(=C\C=C\C2=[N+](C)N(c4ccccc4)c4c(n(-c5ccc(OC)cc5)c(=O)c5ccccc45)O2)O3)cc1.[I-]. The van der Waals surface area contributed by atoms with Gasteiger partial charge in [-0.3, -0.25) is 14.6 Å². The number of methoxy groups -OCH3 is 2. The van der Waals surface area contributed by atoms with Crippen molar-refractivity contribution in [2.75, 3.05) is 38.3 Å². The molecular formula is C51H41IN6O6. The number of aromatic nitrogens is 2. The molecule has 13 heteroatoms. The molecule has 8 aromatic rings. The smallest absolute Gasteiger partial charge is 0.398 e. The fourth-order valence-corrected chi connectivity index (χ4v) is 8.22. The Morgan fingerprint density at radius 3 is 1.50 bits per heavy atom. The summed E-state index contributed by atoms with van der Waals surface area (Å²) in [6.07, 6.45) is 5.47. The Morgan fingerprint density at radius 2 is 0.984 bits per heavy atom. The second kappa shape index (κ2) is 17.2. The van der Waals surface area contributed by atoms with E-state index in [1.165, 1.54) is 0 Å². The highest BCUT2D eigenvalue weighted by molar-refractivity contribution is 6.01. The van der Waals surface area contributed by atoms with Crippen LogP contribution < -0.4 is 64.1 Å². The lowest BCUT2D eigenvalue weighted by Crippen LogP contribution is -3.00. The van der Waals surface area contributed by atoms with Crippen molar-refractivity contribution in [1.29, 1.82) is 0 Å². The monoisotopic (exact) mass is 960 g/mol. The highest BCUT2D eigenvalue weighted by atomic mass is 127. The van der Waals surface area contributed by atoms with Crippen molar-refractivity contribution in [2.45, 2.75) is 0 Å². The van der Waals surface area contributed by atoms with Gasteiger partial charge in [0.1, 0.15) is 22.9 Å². The number of hydrogen-bond donors (Lipinski definition) is 0. The van der Waals surface area contributed by atoms with Crippen molar-refractivity contribution in [3.8, 4) is 34.6 Å². The number of pyridine rings is 2. The number of anilines is 4. The van der Waals surface area contributed by atoms with Crippen LogP contribution in [-0.4, -0.2) is 53.0 Å². The van der Waals surface area contributed by atoms with Crippen LogP contribution in [-0.2, 0) is 0 Å². The number of allylic oxidation sites excluding steroid dienone is 2. The van der Waals surface area contributed by atoms with Crippen LogP contribution in [0.3, 0.4) is 0 Å². The molecule has 0 saturated carbocycles. The number of rotatable bonds is 8. The summed E-state index contributed by atoms with van der Waals surface area (Å²) in [5.41, 5.74) is 3.85. The zero-order valence-electron chi connectivity index (χ0n) is 35.3. The summed E-state index contributed by atoms with van der Waals surface area (Å²) < 4.78 is 29.7. The molecule has 0 N–H and O–H groups in total. The number of ether oxygens (including phenoxy) is 4. The maximum absolute atomic E-state index is 14.5. The lowest BCUT2D eigenvalue weighted by Gasteiger charge is -2.41. The van der Waals surface area contributed by atoms with E-state index in [4.69, 9.17) is 18.9 Å². The summed E-state index contributed by atoms with van der Waals surface area (Å²) in [7, 11) is 7.04. The molecule has 0 fully saturated rings. The molecule has 12 nitrogen and oxygen atoms in total. The third kappa shape index (κ3) is 6.99. The lowest BCUT2D eigenvalue weighted by atomic mass is 10.1. The summed E-state index contributed by atoms with van der Waals surface area (Å²) >= 11 is 0. The minimum Gasteiger partial charge on any atom is -1.00 e. The maximum Gasteiger partial charge on any atom is 0.398 e. The van der Waals surface area contributed by atoms with Crippen LogP contribution in [0.1, 0.15) is 0 Å². The van der Waals surface area contributed by atoms with Crippen molar-refractivity contribution in [1.82, 2.24) is 14.1 Å². The van der Waals surface area contributed by atoms with Gasteiger partial charge in [-0.1, -0.05) is 77.5 Å². The Kier molecular flexibility index (Phi) is 11.2. The van der Waals surface area contributed by atoms with Crippen LogP contribution >= 0.6 is 0 Å². The number of halogens is 1. The first-order valence-corrected chi connectivity index (χ1v) is 20.3. The molecule has 0 bridgehead atoms. The van der Waals surface area contributed by atoms with Crippen molar-refractivity contribution < 1.29 is 47.6 Å². The third-order valence-corrected chi connectivity index (χ3v) is 11.2. The van der Waals surface area contributed by atoms with Crippen LogP contribution in [0.25, 0.3) is 32.9 Å². The average molecular weight is 961 g/mol. The number of hydrazine groups is 2. The van der Waals surface area contributed by atoms with E-state index in [1.807, 2.05) is 210 Å². The predicted molar refractivity (Wildman–Crippen MR) is 247 cm³/mol. The lowest BCUT2D eigenvalue weighted by molar-refractivity contribution is -0.509. The molecule has 4 heterocycles. The number of hydrazone groups is 1. The maximum atomic E-state index is 14.5. The van der Waals surface area contributed by atoms with Crippen LogP contribution in [0.2, 0.25) is 0 Å². The van der Waals surface area contributed by atoms with Gasteiger partial charge in [0.05, 0.1) is 42.7 Å². The van der Waals surface area contributed by atoms with Gasteiger partial charge in [-0.2, -0.15) is 0 Å². The van der Waals surface area contributed by atoms with Gasteiger partial charge < -0.3 is 42.9 Å². The second-order valence-electron chi connectivity index (χ2n) is 14.8.